The predicted molar refractivity (Wildman–Crippen MR) is 80.2 cm³/mol. The molecule has 1 fully saturated rings. The van der Waals surface area contributed by atoms with Crippen molar-refractivity contribution in [3.63, 3.8) is 0 Å². The van der Waals surface area contributed by atoms with Gasteiger partial charge in [-0.15, -0.1) is 0 Å². The number of hydrogen-bond acceptors (Lipinski definition) is 3. The van der Waals surface area contributed by atoms with Crippen LogP contribution >= 0.6 is 23.2 Å². The maximum absolute atomic E-state index is 12.3. The Morgan fingerprint density at radius 3 is 2.52 bits per heavy atom. The highest BCUT2D eigenvalue weighted by Crippen LogP contribution is 2.33. The maximum atomic E-state index is 12.3. The first-order valence-electron chi connectivity index (χ1n) is 6.58. The molecular weight excluding hydrogens is 317 g/mol. The molecule has 2 rings (SSSR count). The van der Waals surface area contributed by atoms with E-state index in [1.54, 1.807) is 0 Å². The smallest absolute Gasteiger partial charge is 0.335 e. The van der Waals surface area contributed by atoms with Gasteiger partial charge in [0, 0.05) is 6.61 Å². The van der Waals surface area contributed by atoms with Crippen LogP contribution in [0.4, 0.5) is 5.69 Å². The normalized spacial score (nSPS) is 21.3. The second kappa shape index (κ2) is 6.64. The fourth-order valence-corrected chi connectivity index (χ4v) is 2.96. The number of benzene rings is 1. The number of carbonyl (C=O) groups excluding carboxylic acids is 1. The molecule has 2 unspecified atom stereocenters. The minimum atomic E-state index is -1.13. The van der Waals surface area contributed by atoms with Gasteiger partial charge < -0.3 is 15.2 Å². The Morgan fingerprint density at radius 1 is 1.38 bits per heavy atom. The first-order valence-corrected chi connectivity index (χ1v) is 7.34. The summed E-state index contributed by atoms with van der Waals surface area (Å²) in [7, 11) is 0. The zero-order valence-corrected chi connectivity index (χ0v) is 12.9. The van der Waals surface area contributed by atoms with Crippen molar-refractivity contribution in [2.24, 2.45) is 5.92 Å². The summed E-state index contributed by atoms with van der Waals surface area (Å²) in [6, 6.07) is 2.52. The Kier molecular flexibility index (Phi) is 5.08. The summed E-state index contributed by atoms with van der Waals surface area (Å²) in [4.78, 5) is 23.2. The minimum absolute atomic E-state index is 0.0290. The summed E-state index contributed by atoms with van der Waals surface area (Å²) >= 11 is 12.0. The monoisotopic (exact) mass is 331 g/mol. The fraction of sp³-hybridized carbons (Fsp3) is 0.429. The summed E-state index contributed by atoms with van der Waals surface area (Å²) in [5.41, 5.74) is 0.203. The average molecular weight is 332 g/mol. The van der Waals surface area contributed by atoms with E-state index in [4.69, 9.17) is 33.0 Å². The van der Waals surface area contributed by atoms with E-state index in [1.807, 2.05) is 6.92 Å². The first-order chi connectivity index (χ1) is 9.93. The number of ether oxygens (including phenoxy) is 1. The zero-order chi connectivity index (χ0) is 15.6. The standard InChI is InChI=1S/C14H15Cl2NO4/c1-2-11-8(3-4-21-11)13(18)17-12-9(15)5-7(14(19)20)6-10(12)16/h5-6,8,11H,2-4H2,1H3,(H,17,18)(H,19,20). The van der Waals surface area contributed by atoms with Crippen LogP contribution in [0.25, 0.3) is 0 Å². The van der Waals surface area contributed by atoms with Gasteiger partial charge in [0.05, 0.1) is 33.3 Å². The molecule has 1 aliphatic heterocycles. The number of anilines is 1. The number of aromatic carboxylic acids is 1. The van der Waals surface area contributed by atoms with Crippen LogP contribution in [-0.4, -0.2) is 29.7 Å². The van der Waals surface area contributed by atoms with Gasteiger partial charge >= 0.3 is 5.97 Å². The van der Waals surface area contributed by atoms with Gasteiger partial charge in [-0.05, 0) is 25.0 Å². The molecular formula is C14H15Cl2NO4. The number of carbonyl (C=O) groups is 2. The number of carboxylic acids is 1. The van der Waals surface area contributed by atoms with Crippen LogP contribution in [0.5, 0.6) is 0 Å². The highest BCUT2D eigenvalue weighted by atomic mass is 35.5. The molecule has 21 heavy (non-hydrogen) atoms. The van der Waals surface area contributed by atoms with Crippen molar-refractivity contribution in [2.45, 2.75) is 25.9 Å². The van der Waals surface area contributed by atoms with Gasteiger partial charge in [0.15, 0.2) is 0 Å². The van der Waals surface area contributed by atoms with E-state index in [0.717, 1.165) is 6.42 Å². The molecule has 2 atom stereocenters. The van der Waals surface area contributed by atoms with Crippen molar-refractivity contribution in [2.75, 3.05) is 11.9 Å². The van der Waals surface area contributed by atoms with Crippen molar-refractivity contribution in [3.8, 4) is 0 Å². The zero-order valence-electron chi connectivity index (χ0n) is 11.4. The highest BCUT2D eigenvalue weighted by Gasteiger charge is 2.33. The van der Waals surface area contributed by atoms with E-state index >= 15 is 0 Å². The molecule has 1 aliphatic rings. The average Bonchev–Trinajstić information content (AvgIpc) is 2.90. The Hall–Kier alpha value is -1.30. The molecule has 114 valence electrons. The molecule has 1 aromatic carbocycles. The number of amides is 1. The third-order valence-electron chi connectivity index (χ3n) is 3.49. The molecule has 0 bridgehead atoms. The lowest BCUT2D eigenvalue weighted by Gasteiger charge is -2.17. The predicted octanol–water partition coefficient (Wildman–Crippen LogP) is 3.45. The van der Waals surface area contributed by atoms with Crippen molar-refractivity contribution in [1.82, 2.24) is 0 Å². The van der Waals surface area contributed by atoms with Gasteiger partial charge in [-0.3, -0.25) is 4.79 Å². The Balaban J connectivity index is 2.20. The Bertz CT molecular complexity index is 553. The molecule has 1 heterocycles. The summed E-state index contributed by atoms with van der Waals surface area (Å²) in [5, 5.41) is 11.8. The lowest BCUT2D eigenvalue weighted by molar-refractivity contribution is -0.121. The molecule has 0 saturated carbocycles. The van der Waals surface area contributed by atoms with E-state index in [0.29, 0.717) is 13.0 Å². The van der Waals surface area contributed by atoms with Gasteiger partial charge in [-0.25, -0.2) is 4.79 Å². The Labute approximate surface area is 132 Å². The van der Waals surface area contributed by atoms with Gasteiger partial charge in [0.1, 0.15) is 0 Å². The molecule has 0 spiro atoms. The van der Waals surface area contributed by atoms with E-state index in [-0.39, 0.29) is 39.2 Å². The van der Waals surface area contributed by atoms with E-state index < -0.39 is 5.97 Å². The highest BCUT2D eigenvalue weighted by molar-refractivity contribution is 6.40. The summed E-state index contributed by atoms with van der Waals surface area (Å²) in [6.45, 7) is 2.51. The molecule has 0 aromatic heterocycles. The molecule has 1 amide bonds. The van der Waals surface area contributed by atoms with Crippen LogP contribution < -0.4 is 5.32 Å². The first kappa shape index (κ1) is 16.1. The molecule has 1 saturated heterocycles. The largest absolute Gasteiger partial charge is 0.478 e. The van der Waals surface area contributed by atoms with Crippen LogP contribution in [-0.2, 0) is 9.53 Å². The topological polar surface area (TPSA) is 75.6 Å². The molecule has 0 radical (unpaired) electrons. The number of halogens is 2. The van der Waals surface area contributed by atoms with Crippen LogP contribution in [0, 0.1) is 5.92 Å². The summed E-state index contributed by atoms with van der Waals surface area (Å²) < 4.78 is 5.48. The summed E-state index contributed by atoms with van der Waals surface area (Å²) in [6.07, 6.45) is 1.28. The van der Waals surface area contributed by atoms with Crippen LogP contribution in [0.2, 0.25) is 10.0 Å². The van der Waals surface area contributed by atoms with Crippen molar-refractivity contribution >= 4 is 40.8 Å². The molecule has 0 aliphatic carbocycles. The molecule has 2 N–H and O–H groups in total. The number of rotatable bonds is 4. The lowest BCUT2D eigenvalue weighted by atomic mass is 9.98. The SMILES string of the molecule is CCC1OCCC1C(=O)Nc1c(Cl)cc(C(=O)O)cc1Cl. The van der Waals surface area contributed by atoms with Crippen molar-refractivity contribution in [3.05, 3.63) is 27.7 Å². The summed E-state index contributed by atoms with van der Waals surface area (Å²) in [5.74, 6) is -1.60. The molecule has 1 aromatic rings. The lowest BCUT2D eigenvalue weighted by Crippen LogP contribution is -2.29. The third-order valence-corrected chi connectivity index (χ3v) is 4.08. The van der Waals surface area contributed by atoms with E-state index in [9.17, 15) is 9.59 Å². The maximum Gasteiger partial charge on any atom is 0.335 e. The quantitative estimate of drug-likeness (QED) is 0.885. The second-order valence-electron chi connectivity index (χ2n) is 4.82. The van der Waals surface area contributed by atoms with Gasteiger partial charge in [0.25, 0.3) is 0 Å². The number of hydrogen-bond donors (Lipinski definition) is 2. The fourth-order valence-electron chi connectivity index (χ4n) is 2.38. The third kappa shape index (κ3) is 3.48. The van der Waals surface area contributed by atoms with Gasteiger partial charge in [-0.2, -0.15) is 0 Å². The second-order valence-corrected chi connectivity index (χ2v) is 5.64. The van der Waals surface area contributed by atoms with E-state index in [2.05, 4.69) is 5.32 Å². The van der Waals surface area contributed by atoms with Gasteiger partial charge in [0.2, 0.25) is 5.91 Å². The van der Waals surface area contributed by atoms with Crippen molar-refractivity contribution in [1.29, 1.82) is 0 Å². The number of nitrogens with one attached hydrogen (secondary N) is 1. The minimum Gasteiger partial charge on any atom is -0.478 e. The van der Waals surface area contributed by atoms with Gasteiger partial charge in [-0.1, -0.05) is 30.1 Å². The molecule has 7 heteroatoms. The van der Waals surface area contributed by atoms with Crippen LogP contribution in [0.3, 0.4) is 0 Å². The Morgan fingerprint density at radius 2 is 2.00 bits per heavy atom. The van der Waals surface area contributed by atoms with Crippen LogP contribution in [0.15, 0.2) is 12.1 Å². The van der Waals surface area contributed by atoms with Crippen molar-refractivity contribution < 1.29 is 19.4 Å². The number of carboxylic acid groups (broad SMARTS) is 1. The van der Waals surface area contributed by atoms with E-state index in [1.165, 1.54) is 12.1 Å². The molecule has 5 nitrogen and oxygen atoms in total. The van der Waals surface area contributed by atoms with Crippen LogP contribution in [0.1, 0.15) is 30.1 Å².